The fourth-order valence-electron chi connectivity index (χ4n) is 1.49. The first-order valence-corrected chi connectivity index (χ1v) is 4.05. The molecule has 1 heterocycles. The smallest absolute Gasteiger partial charge is 0.328 e. The summed E-state index contributed by atoms with van der Waals surface area (Å²) in [5.74, 6) is -0.842. The molecule has 0 bridgehead atoms. The van der Waals surface area contributed by atoms with E-state index < -0.39 is 18.2 Å². The molecule has 0 aliphatic carbocycles. The number of carbonyl (C=O) groups is 2. The monoisotopic (exact) mass is 189 g/mol. The molecular formula is C8H12FNO3. The van der Waals surface area contributed by atoms with Gasteiger partial charge in [-0.05, 0) is 0 Å². The zero-order valence-electron chi connectivity index (χ0n) is 7.62. The third kappa shape index (κ3) is 1.96. The fraction of sp³-hybridized carbons (Fsp3) is 0.750. The quantitative estimate of drug-likeness (QED) is 0.550. The molecule has 1 saturated heterocycles. The van der Waals surface area contributed by atoms with Crippen LogP contribution in [0.5, 0.6) is 0 Å². The molecule has 1 aliphatic heterocycles. The molecule has 2 atom stereocenters. The van der Waals surface area contributed by atoms with E-state index in [0.717, 1.165) is 0 Å². The standard InChI is InChI=1S/C8H12FNO3/c1-5(11)10-4-6(9)3-7(10)8(12)13-2/h6-7H,3-4H2,1-2H3/t6?,7-/m0/s1. The Kier molecular flexibility index (Phi) is 2.85. The molecule has 74 valence electrons. The van der Waals surface area contributed by atoms with Crippen LogP contribution in [0.25, 0.3) is 0 Å². The number of hydrogen-bond acceptors (Lipinski definition) is 3. The van der Waals surface area contributed by atoms with Crippen molar-refractivity contribution in [1.29, 1.82) is 0 Å². The molecule has 0 aromatic rings. The number of hydrogen-bond donors (Lipinski definition) is 0. The van der Waals surface area contributed by atoms with E-state index in [0.29, 0.717) is 0 Å². The molecule has 0 spiro atoms. The zero-order valence-corrected chi connectivity index (χ0v) is 7.62. The molecular weight excluding hydrogens is 177 g/mol. The van der Waals surface area contributed by atoms with Crippen molar-refractivity contribution in [1.82, 2.24) is 4.90 Å². The number of halogens is 1. The van der Waals surface area contributed by atoms with E-state index in [1.165, 1.54) is 18.9 Å². The van der Waals surface area contributed by atoms with Crippen LogP contribution in [0.2, 0.25) is 0 Å². The Balaban J connectivity index is 2.71. The molecule has 0 saturated carbocycles. The van der Waals surface area contributed by atoms with Crippen LogP contribution in [0.3, 0.4) is 0 Å². The van der Waals surface area contributed by atoms with Crippen LogP contribution < -0.4 is 0 Å². The third-order valence-corrected chi connectivity index (χ3v) is 2.13. The average molecular weight is 189 g/mol. The summed E-state index contributed by atoms with van der Waals surface area (Å²) in [4.78, 5) is 23.3. The highest BCUT2D eigenvalue weighted by Gasteiger charge is 2.38. The molecule has 0 aromatic carbocycles. The van der Waals surface area contributed by atoms with Gasteiger partial charge in [0.05, 0.1) is 13.7 Å². The van der Waals surface area contributed by atoms with Crippen LogP contribution in [0.4, 0.5) is 4.39 Å². The maximum Gasteiger partial charge on any atom is 0.328 e. The summed E-state index contributed by atoms with van der Waals surface area (Å²) < 4.78 is 17.3. The predicted octanol–water partition coefficient (Wildman–Crippen LogP) is 0.118. The second kappa shape index (κ2) is 3.72. The van der Waals surface area contributed by atoms with E-state index in [9.17, 15) is 14.0 Å². The van der Waals surface area contributed by atoms with Gasteiger partial charge in [0.2, 0.25) is 5.91 Å². The van der Waals surface area contributed by atoms with Gasteiger partial charge in [-0.1, -0.05) is 0 Å². The Morgan fingerprint density at radius 3 is 2.62 bits per heavy atom. The second-order valence-corrected chi connectivity index (χ2v) is 3.04. The number of alkyl halides is 1. The number of nitrogens with zero attached hydrogens (tertiary/aromatic N) is 1. The van der Waals surface area contributed by atoms with E-state index in [1.54, 1.807) is 0 Å². The molecule has 1 fully saturated rings. The van der Waals surface area contributed by atoms with Gasteiger partial charge in [0, 0.05) is 13.3 Å². The summed E-state index contributed by atoms with van der Waals surface area (Å²) in [6.45, 7) is 1.31. The van der Waals surface area contributed by atoms with Gasteiger partial charge in [0.1, 0.15) is 12.2 Å². The highest BCUT2D eigenvalue weighted by molar-refractivity contribution is 5.84. The lowest BCUT2D eigenvalue weighted by molar-refractivity contribution is -0.150. The van der Waals surface area contributed by atoms with Crippen molar-refractivity contribution in [2.45, 2.75) is 25.6 Å². The zero-order chi connectivity index (χ0) is 10.0. The van der Waals surface area contributed by atoms with Crippen LogP contribution in [0, 0.1) is 0 Å². The molecule has 1 aliphatic rings. The molecule has 13 heavy (non-hydrogen) atoms. The van der Waals surface area contributed by atoms with Crippen LogP contribution >= 0.6 is 0 Å². The second-order valence-electron chi connectivity index (χ2n) is 3.04. The van der Waals surface area contributed by atoms with Crippen LogP contribution in [-0.2, 0) is 14.3 Å². The highest BCUT2D eigenvalue weighted by atomic mass is 19.1. The molecule has 1 unspecified atom stereocenters. The SMILES string of the molecule is COC(=O)[C@@H]1CC(F)CN1C(C)=O. The summed E-state index contributed by atoms with van der Waals surface area (Å²) in [5, 5.41) is 0. The maximum absolute atomic E-state index is 12.9. The molecule has 1 rings (SSSR count). The van der Waals surface area contributed by atoms with Gasteiger partial charge in [0.25, 0.3) is 0 Å². The van der Waals surface area contributed by atoms with Crippen LogP contribution in [-0.4, -0.2) is 42.6 Å². The lowest BCUT2D eigenvalue weighted by Gasteiger charge is -2.19. The minimum Gasteiger partial charge on any atom is -0.467 e. The van der Waals surface area contributed by atoms with Gasteiger partial charge < -0.3 is 9.64 Å². The Hall–Kier alpha value is -1.13. The van der Waals surface area contributed by atoms with Crippen LogP contribution in [0.1, 0.15) is 13.3 Å². The Bertz CT molecular complexity index is 231. The van der Waals surface area contributed by atoms with Crippen molar-refractivity contribution in [2.24, 2.45) is 0 Å². The third-order valence-electron chi connectivity index (χ3n) is 2.13. The minimum atomic E-state index is -1.12. The van der Waals surface area contributed by atoms with Crippen molar-refractivity contribution < 1.29 is 18.7 Å². The van der Waals surface area contributed by atoms with Gasteiger partial charge in [-0.15, -0.1) is 0 Å². The van der Waals surface area contributed by atoms with Gasteiger partial charge >= 0.3 is 5.97 Å². The number of esters is 1. The Labute approximate surface area is 75.6 Å². The Morgan fingerprint density at radius 2 is 2.15 bits per heavy atom. The summed E-state index contributed by atoms with van der Waals surface area (Å²) in [5.41, 5.74) is 0. The topological polar surface area (TPSA) is 46.6 Å². The largest absolute Gasteiger partial charge is 0.467 e. The molecule has 0 N–H and O–H groups in total. The van der Waals surface area contributed by atoms with Crippen molar-refractivity contribution >= 4 is 11.9 Å². The van der Waals surface area contributed by atoms with Gasteiger partial charge in [-0.2, -0.15) is 0 Å². The summed E-state index contributed by atoms with van der Waals surface area (Å²) in [7, 11) is 1.23. The van der Waals surface area contributed by atoms with E-state index in [4.69, 9.17) is 0 Å². The number of likely N-dealkylation sites (tertiary alicyclic amines) is 1. The molecule has 1 amide bonds. The highest BCUT2D eigenvalue weighted by Crippen LogP contribution is 2.21. The van der Waals surface area contributed by atoms with Crippen LogP contribution in [0.15, 0.2) is 0 Å². The van der Waals surface area contributed by atoms with Gasteiger partial charge in [-0.25, -0.2) is 9.18 Å². The maximum atomic E-state index is 12.9. The van der Waals surface area contributed by atoms with Crippen molar-refractivity contribution in [2.75, 3.05) is 13.7 Å². The number of ether oxygens (including phenoxy) is 1. The molecule has 0 aromatic heterocycles. The Morgan fingerprint density at radius 1 is 1.54 bits per heavy atom. The predicted molar refractivity (Wildman–Crippen MR) is 42.7 cm³/mol. The summed E-state index contributed by atoms with van der Waals surface area (Å²) in [6, 6.07) is -0.738. The van der Waals surface area contributed by atoms with E-state index >= 15 is 0 Å². The minimum absolute atomic E-state index is 0.00486. The molecule has 4 nitrogen and oxygen atoms in total. The van der Waals surface area contributed by atoms with Crippen molar-refractivity contribution in [3.05, 3.63) is 0 Å². The number of amides is 1. The lowest BCUT2D eigenvalue weighted by Crippen LogP contribution is -2.39. The molecule has 5 heteroatoms. The van der Waals surface area contributed by atoms with Gasteiger partial charge in [-0.3, -0.25) is 4.79 Å². The first-order valence-electron chi connectivity index (χ1n) is 4.05. The molecule has 0 radical (unpaired) electrons. The van der Waals surface area contributed by atoms with E-state index in [1.807, 2.05) is 0 Å². The first kappa shape index (κ1) is 9.95. The van der Waals surface area contributed by atoms with Gasteiger partial charge in [0.15, 0.2) is 0 Å². The lowest BCUT2D eigenvalue weighted by atomic mass is 10.2. The normalized spacial score (nSPS) is 27.5. The van der Waals surface area contributed by atoms with E-state index in [2.05, 4.69) is 4.74 Å². The van der Waals surface area contributed by atoms with Crippen molar-refractivity contribution in [3.63, 3.8) is 0 Å². The average Bonchev–Trinajstić information content (AvgIpc) is 2.46. The van der Waals surface area contributed by atoms with Crippen molar-refractivity contribution in [3.8, 4) is 0 Å². The number of rotatable bonds is 1. The number of methoxy groups -OCH3 is 1. The summed E-state index contributed by atoms with van der Waals surface area (Å²) in [6.07, 6.45) is -1.07. The fourth-order valence-corrected chi connectivity index (χ4v) is 1.49. The van der Waals surface area contributed by atoms with E-state index in [-0.39, 0.29) is 18.9 Å². The number of carbonyl (C=O) groups excluding carboxylic acids is 2. The summed E-state index contributed by atoms with van der Waals surface area (Å²) >= 11 is 0. The first-order chi connectivity index (χ1) is 6.06.